The van der Waals surface area contributed by atoms with Crippen LogP contribution in [0.4, 0.5) is 18.9 Å². The standard InChI is InChI=1S/C23H20F3N3O4S/c1-12-9-19(29-16-6-4-3-5-14(12)16)34-11-20(31)33-13(2)23(32)27-10-18(30)28-17-8-7-15(24)21(25)22(17)26/h3-9,13H,10-11H2,1-2H3,(H,27,32)(H,28,30)/t13-/m0/s1. The molecule has 2 amide bonds. The molecule has 0 aliphatic rings. The van der Waals surface area contributed by atoms with Crippen LogP contribution < -0.4 is 10.6 Å². The Labute approximate surface area is 197 Å². The van der Waals surface area contributed by atoms with Crippen LogP contribution in [0.25, 0.3) is 10.9 Å². The Morgan fingerprint density at radius 1 is 1.09 bits per heavy atom. The van der Waals surface area contributed by atoms with E-state index in [0.717, 1.165) is 34.3 Å². The summed E-state index contributed by atoms with van der Waals surface area (Å²) >= 11 is 1.16. The third-order valence-corrected chi connectivity index (χ3v) is 5.53. The van der Waals surface area contributed by atoms with Crippen molar-refractivity contribution in [3.8, 4) is 0 Å². The Kier molecular flexibility index (Phi) is 8.11. The van der Waals surface area contributed by atoms with E-state index in [4.69, 9.17) is 4.74 Å². The quantitative estimate of drug-likeness (QED) is 0.283. The van der Waals surface area contributed by atoms with Gasteiger partial charge in [-0.1, -0.05) is 30.0 Å². The zero-order valence-electron chi connectivity index (χ0n) is 18.2. The van der Waals surface area contributed by atoms with Crippen LogP contribution in [0.2, 0.25) is 0 Å². The fraction of sp³-hybridized carbons (Fsp3) is 0.217. The molecule has 3 aromatic rings. The summed E-state index contributed by atoms with van der Waals surface area (Å²) in [7, 11) is 0. The topological polar surface area (TPSA) is 97.4 Å². The van der Waals surface area contributed by atoms with Crippen LogP contribution in [0.15, 0.2) is 47.5 Å². The maximum atomic E-state index is 13.6. The molecule has 3 rings (SSSR count). The zero-order chi connectivity index (χ0) is 24.8. The highest BCUT2D eigenvalue weighted by molar-refractivity contribution is 7.99. The first-order valence-electron chi connectivity index (χ1n) is 10.1. The van der Waals surface area contributed by atoms with E-state index in [1.165, 1.54) is 6.92 Å². The summed E-state index contributed by atoms with van der Waals surface area (Å²) in [6, 6.07) is 11.0. The van der Waals surface area contributed by atoms with Gasteiger partial charge in [0, 0.05) is 5.39 Å². The van der Waals surface area contributed by atoms with Crippen molar-refractivity contribution >= 4 is 46.1 Å². The minimum atomic E-state index is -1.73. The van der Waals surface area contributed by atoms with Gasteiger partial charge in [-0.05, 0) is 43.7 Å². The summed E-state index contributed by atoms with van der Waals surface area (Å²) < 4.78 is 44.8. The fourth-order valence-electron chi connectivity index (χ4n) is 2.94. The van der Waals surface area contributed by atoms with E-state index in [-0.39, 0.29) is 5.75 Å². The summed E-state index contributed by atoms with van der Waals surface area (Å²) in [5.74, 6) is -7.08. The van der Waals surface area contributed by atoms with Crippen molar-refractivity contribution in [3.05, 3.63) is 65.5 Å². The monoisotopic (exact) mass is 491 g/mol. The number of para-hydroxylation sites is 1. The largest absolute Gasteiger partial charge is 0.452 e. The van der Waals surface area contributed by atoms with Crippen molar-refractivity contribution in [2.45, 2.75) is 25.0 Å². The number of pyridine rings is 1. The molecule has 1 atom stereocenters. The minimum absolute atomic E-state index is 0.0850. The summed E-state index contributed by atoms with van der Waals surface area (Å²) in [6.45, 7) is 2.66. The van der Waals surface area contributed by atoms with E-state index in [9.17, 15) is 27.6 Å². The number of fused-ring (bicyclic) bond motifs is 1. The van der Waals surface area contributed by atoms with Crippen molar-refractivity contribution in [2.24, 2.45) is 0 Å². The van der Waals surface area contributed by atoms with Gasteiger partial charge in [0.05, 0.1) is 28.5 Å². The van der Waals surface area contributed by atoms with Gasteiger partial charge < -0.3 is 15.4 Å². The highest BCUT2D eigenvalue weighted by atomic mass is 32.2. The number of anilines is 1. The minimum Gasteiger partial charge on any atom is -0.452 e. The number of hydrogen-bond acceptors (Lipinski definition) is 6. The van der Waals surface area contributed by atoms with Gasteiger partial charge in [0.15, 0.2) is 23.6 Å². The Morgan fingerprint density at radius 2 is 1.82 bits per heavy atom. The van der Waals surface area contributed by atoms with E-state index in [1.807, 2.05) is 42.6 Å². The normalized spacial score (nSPS) is 11.7. The van der Waals surface area contributed by atoms with E-state index in [1.54, 1.807) is 0 Å². The number of ether oxygens (including phenoxy) is 1. The second kappa shape index (κ2) is 11.0. The van der Waals surface area contributed by atoms with Crippen LogP contribution in [0.3, 0.4) is 0 Å². The summed E-state index contributed by atoms with van der Waals surface area (Å²) in [5, 5.41) is 5.87. The molecule has 0 spiro atoms. The van der Waals surface area contributed by atoms with Gasteiger partial charge in [-0.15, -0.1) is 0 Å². The summed E-state index contributed by atoms with van der Waals surface area (Å²) in [5.41, 5.74) is 1.23. The first-order valence-corrected chi connectivity index (χ1v) is 11.0. The van der Waals surface area contributed by atoms with Crippen LogP contribution in [-0.4, -0.2) is 41.2 Å². The number of benzene rings is 2. The van der Waals surface area contributed by atoms with Crippen LogP contribution >= 0.6 is 11.8 Å². The molecule has 0 saturated carbocycles. The number of esters is 1. The molecule has 0 fully saturated rings. The van der Waals surface area contributed by atoms with E-state index in [2.05, 4.69) is 10.3 Å². The second-order valence-electron chi connectivity index (χ2n) is 7.20. The number of amides is 2. The number of carbonyl (C=O) groups is 3. The van der Waals surface area contributed by atoms with Crippen molar-refractivity contribution in [3.63, 3.8) is 0 Å². The number of nitrogens with one attached hydrogen (secondary N) is 2. The molecular weight excluding hydrogens is 471 g/mol. The lowest BCUT2D eigenvalue weighted by Crippen LogP contribution is -2.40. The van der Waals surface area contributed by atoms with Crippen molar-refractivity contribution in [1.29, 1.82) is 0 Å². The van der Waals surface area contributed by atoms with Crippen LogP contribution in [-0.2, 0) is 19.1 Å². The smallest absolute Gasteiger partial charge is 0.317 e. The molecule has 1 heterocycles. The average molecular weight is 491 g/mol. The number of aromatic nitrogens is 1. The third-order valence-electron chi connectivity index (χ3n) is 4.65. The Balaban J connectivity index is 1.45. The van der Waals surface area contributed by atoms with Gasteiger partial charge in [-0.2, -0.15) is 0 Å². The number of hydrogen-bond donors (Lipinski definition) is 2. The zero-order valence-corrected chi connectivity index (χ0v) is 19.0. The highest BCUT2D eigenvalue weighted by Gasteiger charge is 2.20. The Bertz CT molecular complexity index is 1260. The molecule has 0 bridgehead atoms. The molecular formula is C23H20F3N3O4S. The van der Waals surface area contributed by atoms with Gasteiger partial charge in [0.25, 0.3) is 5.91 Å². The molecule has 0 aliphatic heterocycles. The number of thioether (sulfide) groups is 1. The van der Waals surface area contributed by atoms with Crippen molar-refractivity contribution in [1.82, 2.24) is 10.3 Å². The predicted octanol–water partition coefficient (Wildman–Crippen LogP) is 3.74. The van der Waals surface area contributed by atoms with E-state index < -0.39 is 53.6 Å². The summed E-state index contributed by atoms with van der Waals surface area (Å²) in [6.07, 6.45) is -1.20. The Hall–Kier alpha value is -3.60. The van der Waals surface area contributed by atoms with Crippen LogP contribution in [0.1, 0.15) is 12.5 Å². The third kappa shape index (κ3) is 6.25. The van der Waals surface area contributed by atoms with E-state index >= 15 is 0 Å². The molecule has 0 saturated heterocycles. The SMILES string of the molecule is Cc1cc(SCC(=O)O[C@@H](C)C(=O)NCC(=O)Nc2ccc(F)c(F)c2F)nc2ccccc12. The van der Waals surface area contributed by atoms with Gasteiger partial charge in [0.2, 0.25) is 5.91 Å². The number of carbonyl (C=O) groups excluding carboxylic acids is 3. The average Bonchev–Trinajstić information content (AvgIpc) is 2.81. The first kappa shape index (κ1) is 25.0. The lowest BCUT2D eigenvalue weighted by atomic mass is 10.1. The number of aryl methyl sites for hydroxylation is 1. The maximum absolute atomic E-state index is 13.6. The molecule has 0 radical (unpaired) electrons. The van der Waals surface area contributed by atoms with Crippen LogP contribution in [0, 0.1) is 24.4 Å². The molecule has 2 aromatic carbocycles. The molecule has 34 heavy (non-hydrogen) atoms. The van der Waals surface area contributed by atoms with Gasteiger partial charge in [-0.25, -0.2) is 18.2 Å². The molecule has 2 N–H and O–H groups in total. The van der Waals surface area contributed by atoms with E-state index in [0.29, 0.717) is 11.1 Å². The molecule has 11 heteroatoms. The predicted molar refractivity (Wildman–Crippen MR) is 121 cm³/mol. The first-order chi connectivity index (χ1) is 16.2. The summed E-state index contributed by atoms with van der Waals surface area (Å²) in [4.78, 5) is 40.6. The van der Waals surface area contributed by atoms with Gasteiger partial charge in [-0.3, -0.25) is 14.4 Å². The lowest BCUT2D eigenvalue weighted by molar-refractivity contribution is -0.152. The van der Waals surface area contributed by atoms with Gasteiger partial charge in [0.1, 0.15) is 0 Å². The van der Waals surface area contributed by atoms with Crippen LogP contribution in [0.5, 0.6) is 0 Å². The number of nitrogens with zero attached hydrogens (tertiary/aromatic N) is 1. The fourth-order valence-corrected chi connectivity index (χ4v) is 3.69. The molecule has 1 aromatic heterocycles. The number of rotatable bonds is 8. The van der Waals surface area contributed by atoms with Crippen molar-refractivity contribution < 1.29 is 32.3 Å². The van der Waals surface area contributed by atoms with Gasteiger partial charge >= 0.3 is 5.97 Å². The maximum Gasteiger partial charge on any atom is 0.317 e. The van der Waals surface area contributed by atoms with Crippen molar-refractivity contribution in [2.75, 3.05) is 17.6 Å². The lowest BCUT2D eigenvalue weighted by Gasteiger charge is -2.14. The molecule has 0 aliphatic carbocycles. The number of halogens is 3. The second-order valence-corrected chi connectivity index (χ2v) is 8.20. The highest BCUT2D eigenvalue weighted by Crippen LogP contribution is 2.24. The Morgan fingerprint density at radius 3 is 2.59 bits per heavy atom. The molecule has 0 unspecified atom stereocenters. The molecule has 7 nitrogen and oxygen atoms in total. The molecule has 178 valence electrons.